The summed E-state index contributed by atoms with van der Waals surface area (Å²) >= 11 is 0. The molecule has 1 unspecified atom stereocenters. The van der Waals surface area contributed by atoms with Crippen molar-refractivity contribution in [3.05, 3.63) is 71.4 Å². The summed E-state index contributed by atoms with van der Waals surface area (Å²) in [6.45, 7) is 4.37. The fourth-order valence-electron chi connectivity index (χ4n) is 2.81. The highest BCUT2D eigenvalue weighted by atomic mass is 16.6. The number of carbonyl (C=O) groups is 2. The van der Waals surface area contributed by atoms with Gasteiger partial charge in [0.05, 0.1) is 13.2 Å². The number of carbonyl (C=O) groups excluding carboxylic acids is 2. The van der Waals surface area contributed by atoms with Crippen LogP contribution in [0.15, 0.2) is 65.9 Å². The topological polar surface area (TPSA) is 73.9 Å². The summed E-state index contributed by atoms with van der Waals surface area (Å²) in [5, 5.41) is 2.99. The van der Waals surface area contributed by atoms with Crippen LogP contribution in [0.5, 0.6) is 5.75 Å². The van der Waals surface area contributed by atoms with E-state index < -0.39 is 18.0 Å². The molecule has 3 rings (SSSR count). The molecule has 27 heavy (non-hydrogen) atoms. The maximum atomic E-state index is 12.6. The number of anilines is 1. The van der Waals surface area contributed by atoms with Crippen molar-refractivity contribution in [3.63, 3.8) is 0 Å². The van der Waals surface area contributed by atoms with Gasteiger partial charge in [-0.2, -0.15) is 0 Å². The number of nitrogens with one attached hydrogen (secondary N) is 1. The first kappa shape index (κ1) is 18.5. The van der Waals surface area contributed by atoms with Gasteiger partial charge >= 0.3 is 11.9 Å². The molecular weight excluding hydrogens is 346 g/mol. The third-order valence-corrected chi connectivity index (χ3v) is 3.99. The second-order valence-corrected chi connectivity index (χ2v) is 5.79. The lowest BCUT2D eigenvalue weighted by molar-refractivity contribution is -0.142. The van der Waals surface area contributed by atoms with Gasteiger partial charge in [-0.3, -0.25) is 0 Å². The minimum absolute atomic E-state index is 0.0959. The van der Waals surface area contributed by atoms with Crippen LogP contribution >= 0.6 is 0 Å². The molecule has 0 saturated heterocycles. The Hall–Kier alpha value is -3.28. The van der Waals surface area contributed by atoms with E-state index in [4.69, 9.17) is 14.2 Å². The molecule has 1 aliphatic rings. The zero-order chi connectivity index (χ0) is 19.2. The predicted molar refractivity (Wildman–Crippen MR) is 100 cm³/mol. The molecule has 0 amide bonds. The average molecular weight is 367 g/mol. The Kier molecular flexibility index (Phi) is 5.76. The standard InChI is InChI=1S/C21H21NO5/c1-3-25-16-12-10-14(11-13-16)19-17(20(23)26-4-2)18(21(24)27-19)22-15-8-6-5-7-9-15/h5-13,19,22H,3-4H2,1-2H3. The zero-order valence-electron chi connectivity index (χ0n) is 15.2. The summed E-state index contributed by atoms with van der Waals surface area (Å²) in [6, 6.07) is 16.2. The van der Waals surface area contributed by atoms with Gasteiger partial charge in [0.25, 0.3) is 0 Å². The van der Waals surface area contributed by atoms with E-state index in [-0.39, 0.29) is 17.9 Å². The normalized spacial score (nSPS) is 16.1. The molecule has 0 bridgehead atoms. The first-order valence-electron chi connectivity index (χ1n) is 8.81. The minimum atomic E-state index is -0.835. The van der Waals surface area contributed by atoms with Gasteiger partial charge in [-0.1, -0.05) is 30.3 Å². The SMILES string of the molecule is CCOC(=O)C1=C(Nc2ccccc2)C(=O)OC1c1ccc(OCC)cc1. The Morgan fingerprint density at radius 1 is 1.04 bits per heavy atom. The van der Waals surface area contributed by atoms with Crippen molar-refractivity contribution in [1.82, 2.24) is 0 Å². The molecule has 0 fully saturated rings. The van der Waals surface area contributed by atoms with Gasteiger partial charge in [0.2, 0.25) is 0 Å². The van der Waals surface area contributed by atoms with Crippen molar-refractivity contribution < 1.29 is 23.8 Å². The number of cyclic esters (lactones) is 1. The number of hydrogen-bond acceptors (Lipinski definition) is 6. The molecule has 2 aromatic carbocycles. The maximum Gasteiger partial charge on any atom is 0.356 e. The van der Waals surface area contributed by atoms with Crippen LogP contribution in [-0.2, 0) is 19.1 Å². The molecule has 0 aromatic heterocycles. The molecule has 1 aliphatic heterocycles. The highest BCUT2D eigenvalue weighted by Crippen LogP contribution is 2.37. The summed E-state index contributed by atoms with van der Waals surface area (Å²) in [4.78, 5) is 25.0. The molecule has 0 aliphatic carbocycles. The van der Waals surface area contributed by atoms with Gasteiger partial charge in [0.15, 0.2) is 6.10 Å². The molecular formula is C21H21NO5. The van der Waals surface area contributed by atoms with Gasteiger partial charge in [-0.25, -0.2) is 9.59 Å². The second-order valence-electron chi connectivity index (χ2n) is 5.79. The summed E-state index contributed by atoms with van der Waals surface area (Å²) < 4.78 is 16.1. The summed E-state index contributed by atoms with van der Waals surface area (Å²) in [5.74, 6) is -0.476. The van der Waals surface area contributed by atoms with Gasteiger partial charge < -0.3 is 19.5 Å². The van der Waals surface area contributed by atoms with Gasteiger partial charge in [-0.15, -0.1) is 0 Å². The van der Waals surface area contributed by atoms with E-state index in [0.717, 1.165) is 0 Å². The average Bonchev–Trinajstić information content (AvgIpc) is 3.00. The van der Waals surface area contributed by atoms with Crippen molar-refractivity contribution in [3.8, 4) is 5.75 Å². The Morgan fingerprint density at radius 2 is 1.74 bits per heavy atom. The first-order valence-corrected chi connectivity index (χ1v) is 8.81. The highest BCUT2D eigenvalue weighted by molar-refractivity contribution is 6.06. The van der Waals surface area contributed by atoms with E-state index in [0.29, 0.717) is 23.6 Å². The monoisotopic (exact) mass is 367 g/mol. The van der Waals surface area contributed by atoms with E-state index in [1.165, 1.54) is 0 Å². The van der Waals surface area contributed by atoms with Crippen LogP contribution in [0.3, 0.4) is 0 Å². The van der Waals surface area contributed by atoms with Crippen LogP contribution in [-0.4, -0.2) is 25.2 Å². The van der Waals surface area contributed by atoms with E-state index in [9.17, 15) is 9.59 Å². The number of benzene rings is 2. The van der Waals surface area contributed by atoms with Gasteiger partial charge in [0.1, 0.15) is 17.0 Å². The van der Waals surface area contributed by atoms with Gasteiger partial charge in [0, 0.05) is 5.69 Å². The quantitative estimate of drug-likeness (QED) is 0.754. The van der Waals surface area contributed by atoms with E-state index in [1.54, 1.807) is 43.3 Å². The van der Waals surface area contributed by atoms with Crippen LogP contribution in [0.4, 0.5) is 5.69 Å². The Balaban J connectivity index is 1.97. The lowest BCUT2D eigenvalue weighted by Crippen LogP contribution is -2.16. The fraction of sp³-hybridized carbons (Fsp3) is 0.238. The molecule has 140 valence electrons. The lowest BCUT2D eigenvalue weighted by Gasteiger charge is -2.14. The number of rotatable bonds is 7. The molecule has 1 heterocycles. The van der Waals surface area contributed by atoms with Crippen LogP contribution in [0.2, 0.25) is 0 Å². The van der Waals surface area contributed by atoms with Crippen LogP contribution in [0, 0.1) is 0 Å². The van der Waals surface area contributed by atoms with Crippen LogP contribution in [0.25, 0.3) is 0 Å². The molecule has 2 aromatic rings. The molecule has 6 nitrogen and oxygen atoms in total. The molecule has 6 heteroatoms. The van der Waals surface area contributed by atoms with Crippen molar-refractivity contribution in [2.45, 2.75) is 20.0 Å². The highest BCUT2D eigenvalue weighted by Gasteiger charge is 2.40. The number of ether oxygens (including phenoxy) is 3. The van der Waals surface area contributed by atoms with E-state index in [1.807, 2.05) is 25.1 Å². The molecule has 0 saturated carbocycles. The third-order valence-electron chi connectivity index (χ3n) is 3.99. The lowest BCUT2D eigenvalue weighted by atomic mass is 10.0. The molecule has 0 spiro atoms. The number of para-hydroxylation sites is 1. The Labute approximate surface area is 157 Å². The van der Waals surface area contributed by atoms with Crippen molar-refractivity contribution in [1.29, 1.82) is 0 Å². The Bertz CT molecular complexity index is 843. The van der Waals surface area contributed by atoms with Crippen molar-refractivity contribution in [2.75, 3.05) is 18.5 Å². The summed E-state index contributed by atoms with van der Waals surface area (Å²) in [6.07, 6.45) is -0.835. The summed E-state index contributed by atoms with van der Waals surface area (Å²) in [7, 11) is 0. The first-order chi connectivity index (χ1) is 13.1. The minimum Gasteiger partial charge on any atom is -0.494 e. The zero-order valence-corrected chi connectivity index (χ0v) is 15.2. The van der Waals surface area contributed by atoms with E-state index in [2.05, 4.69) is 5.32 Å². The largest absolute Gasteiger partial charge is 0.494 e. The fourth-order valence-corrected chi connectivity index (χ4v) is 2.81. The van der Waals surface area contributed by atoms with Crippen molar-refractivity contribution in [2.24, 2.45) is 0 Å². The predicted octanol–water partition coefficient (Wildman–Crippen LogP) is 3.61. The molecule has 1 N–H and O–H groups in total. The molecule has 0 radical (unpaired) electrons. The van der Waals surface area contributed by atoms with Crippen molar-refractivity contribution >= 4 is 17.6 Å². The number of hydrogen-bond donors (Lipinski definition) is 1. The van der Waals surface area contributed by atoms with Crippen LogP contribution < -0.4 is 10.1 Å². The summed E-state index contributed by atoms with van der Waals surface area (Å²) in [5.41, 5.74) is 1.60. The third kappa shape index (κ3) is 4.11. The number of esters is 2. The second kappa shape index (κ2) is 8.40. The van der Waals surface area contributed by atoms with E-state index >= 15 is 0 Å². The Morgan fingerprint density at radius 3 is 2.37 bits per heavy atom. The smallest absolute Gasteiger partial charge is 0.356 e. The maximum absolute atomic E-state index is 12.6. The van der Waals surface area contributed by atoms with Crippen LogP contribution in [0.1, 0.15) is 25.5 Å². The van der Waals surface area contributed by atoms with Gasteiger partial charge in [-0.05, 0) is 43.7 Å². The molecule has 1 atom stereocenters.